The van der Waals surface area contributed by atoms with Crippen LogP contribution in [0.15, 0.2) is 48.5 Å². The number of carbonyl (C=O) groups is 2. The van der Waals surface area contributed by atoms with Crippen LogP contribution < -0.4 is 16.0 Å². The molecule has 0 heterocycles. The molecule has 6 heteroatoms. The first-order valence-corrected chi connectivity index (χ1v) is 7.41. The molecule has 2 aromatic carbocycles. The summed E-state index contributed by atoms with van der Waals surface area (Å²) >= 11 is 5.26. The Bertz CT molecular complexity index is 759. The zero-order valence-electron chi connectivity index (χ0n) is 12.8. The minimum atomic E-state index is -0.135. The Balaban J connectivity index is 2.03. The number of benzene rings is 2. The van der Waals surface area contributed by atoms with Gasteiger partial charge in [0.05, 0.1) is 0 Å². The quantitative estimate of drug-likeness (QED) is 0.590. The Hall–Kier alpha value is -2.73. The van der Waals surface area contributed by atoms with Crippen molar-refractivity contribution >= 4 is 46.1 Å². The molecule has 1 amide bonds. The van der Waals surface area contributed by atoms with Gasteiger partial charge in [-0.15, -0.1) is 0 Å². The summed E-state index contributed by atoms with van der Waals surface area (Å²) in [5, 5.41) is 9.17. The van der Waals surface area contributed by atoms with Crippen molar-refractivity contribution in [2.45, 2.75) is 13.8 Å². The number of nitrogens with one attached hydrogen (secondary N) is 3. The minimum Gasteiger partial charge on any atom is -0.332 e. The second-order valence-electron chi connectivity index (χ2n) is 4.98. The second-order valence-corrected chi connectivity index (χ2v) is 5.39. The van der Waals surface area contributed by atoms with Crippen LogP contribution in [0.4, 0.5) is 17.1 Å². The zero-order chi connectivity index (χ0) is 16.8. The Labute approximate surface area is 140 Å². The summed E-state index contributed by atoms with van der Waals surface area (Å²) in [6, 6.07) is 14.3. The van der Waals surface area contributed by atoms with E-state index in [-0.39, 0.29) is 11.7 Å². The Morgan fingerprint density at radius 2 is 1.35 bits per heavy atom. The summed E-state index contributed by atoms with van der Waals surface area (Å²) < 4.78 is 0. The highest BCUT2D eigenvalue weighted by atomic mass is 32.1. The summed E-state index contributed by atoms with van der Waals surface area (Å²) in [7, 11) is 0. The smallest absolute Gasteiger partial charge is 0.221 e. The van der Waals surface area contributed by atoms with Crippen LogP contribution in [-0.2, 0) is 4.79 Å². The van der Waals surface area contributed by atoms with Crippen LogP contribution in [-0.4, -0.2) is 16.8 Å². The van der Waals surface area contributed by atoms with Crippen molar-refractivity contribution in [3.63, 3.8) is 0 Å². The van der Waals surface area contributed by atoms with Crippen molar-refractivity contribution in [1.29, 1.82) is 0 Å². The maximum Gasteiger partial charge on any atom is 0.221 e. The molecular formula is C17H17N3O2S. The second kappa shape index (κ2) is 7.51. The molecule has 23 heavy (non-hydrogen) atoms. The molecule has 0 aliphatic heterocycles. The average Bonchev–Trinajstić information content (AvgIpc) is 2.47. The fraction of sp³-hybridized carbons (Fsp3) is 0.118. The summed E-state index contributed by atoms with van der Waals surface area (Å²) in [6.07, 6.45) is 0. The lowest BCUT2D eigenvalue weighted by molar-refractivity contribution is -0.114. The van der Waals surface area contributed by atoms with Gasteiger partial charge in [0.1, 0.15) is 0 Å². The van der Waals surface area contributed by atoms with E-state index in [2.05, 4.69) is 16.0 Å². The number of ketones is 1. The van der Waals surface area contributed by atoms with Gasteiger partial charge in [-0.05, 0) is 49.5 Å². The Kier molecular flexibility index (Phi) is 5.43. The molecule has 0 bridgehead atoms. The normalized spacial score (nSPS) is 9.83. The highest BCUT2D eigenvalue weighted by Crippen LogP contribution is 2.16. The van der Waals surface area contributed by atoms with Crippen LogP contribution in [0.2, 0.25) is 0 Å². The van der Waals surface area contributed by atoms with Crippen LogP contribution >= 0.6 is 12.2 Å². The van der Waals surface area contributed by atoms with Gasteiger partial charge in [-0.1, -0.05) is 18.2 Å². The fourth-order valence-corrected chi connectivity index (χ4v) is 2.22. The first-order valence-electron chi connectivity index (χ1n) is 7.01. The number of anilines is 3. The predicted molar refractivity (Wildman–Crippen MR) is 97.0 cm³/mol. The number of hydrogen-bond acceptors (Lipinski definition) is 3. The summed E-state index contributed by atoms with van der Waals surface area (Å²) in [6.45, 7) is 2.97. The van der Waals surface area contributed by atoms with Crippen molar-refractivity contribution in [3.05, 3.63) is 54.1 Å². The van der Waals surface area contributed by atoms with Gasteiger partial charge in [-0.2, -0.15) is 0 Å². The Morgan fingerprint density at radius 3 is 1.91 bits per heavy atom. The highest BCUT2D eigenvalue weighted by Gasteiger charge is 2.03. The standard InChI is InChI=1S/C17H17N3O2S/c1-11(21)13-5-3-6-14(9-13)19-17(23)20-16-8-4-7-15(10-16)18-12(2)22/h3-10H,1-2H3,(H,18,22)(H2,19,20,23). The molecule has 0 fully saturated rings. The van der Waals surface area contributed by atoms with Crippen molar-refractivity contribution in [3.8, 4) is 0 Å². The molecule has 2 rings (SSSR count). The van der Waals surface area contributed by atoms with E-state index in [0.717, 1.165) is 11.4 Å². The van der Waals surface area contributed by atoms with Crippen LogP contribution in [0.1, 0.15) is 24.2 Å². The molecule has 0 atom stereocenters. The monoisotopic (exact) mass is 327 g/mol. The van der Waals surface area contributed by atoms with E-state index in [0.29, 0.717) is 16.4 Å². The SMILES string of the molecule is CC(=O)Nc1cccc(NC(=S)Nc2cccc(C(C)=O)c2)c1. The average molecular weight is 327 g/mol. The maximum atomic E-state index is 11.4. The number of rotatable bonds is 4. The number of amides is 1. The van der Waals surface area contributed by atoms with Gasteiger partial charge in [0.15, 0.2) is 10.9 Å². The molecular weight excluding hydrogens is 310 g/mol. The fourth-order valence-electron chi connectivity index (χ4n) is 1.99. The van der Waals surface area contributed by atoms with Crippen molar-refractivity contribution in [2.24, 2.45) is 0 Å². The molecule has 0 saturated heterocycles. The minimum absolute atomic E-state index is 0.00413. The van der Waals surface area contributed by atoms with Crippen molar-refractivity contribution in [1.82, 2.24) is 0 Å². The maximum absolute atomic E-state index is 11.4. The van der Waals surface area contributed by atoms with E-state index in [4.69, 9.17) is 12.2 Å². The molecule has 0 radical (unpaired) electrons. The molecule has 0 aliphatic carbocycles. The van der Waals surface area contributed by atoms with Gasteiger partial charge in [-0.25, -0.2) is 0 Å². The molecule has 5 nitrogen and oxygen atoms in total. The number of Topliss-reactive ketones (excluding diaryl/α,β-unsaturated/α-hetero) is 1. The van der Waals surface area contributed by atoms with Gasteiger partial charge in [0, 0.05) is 29.5 Å². The van der Waals surface area contributed by atoms with Crippen LogP contribution in [0.5, 0.6) is 0 Å². The van der Waals surface area contributed by atoms with E-state index in [1.165, 1.54) is 13.8 Å². The van der Waals surface area contributed by atoms with E-state index in [1.807, 2.05) is 18.2 Å². The molecule has 0 unspecified atom stereocenters. The summed E-state index contributed by atoms with van der Waals surface area (Å²) in [4.78, 5) is 22.5. The predicted octanol–water partition coefficient (Wildman–Crippen LogP) is 3.66. The number of carbonyl (C=O) groups excluding carboxylic acids is 2. The van der Waals surface area contributed by atoms with Gasteiger partial charge >= 0.3 is 0 Å². The molecule has 118 valence electrons. The molecule has 0 aromatic heterocycles. The lowest BCUT2D eigenvalue weighted by Crippen LogP contribution is -2.19. The van der Waals surface area contributed by atoms with Crippen LogP contribution in [0, 0.1) is 0 Å². The van der Waals surface area contributed by atoms with E-state index in [9.17, 15) is 9.59 Å². The first-order chi connectivity index (χ1) is 10.9. The first kappa shape index (κ1) is 16.6. The van der Waals surface area contributed by atoms with Gasteiger partial charge in [0.2, 0.25) is 5.91 Å². The molecule has 0 spiro atoms. The van der Waals surface area contributed by atoms with Crippen LogP contribution in [0.3, 0.4) is 0 Å². The van der Waals surface area contributed by atoms with Gasteiger partial charge in [-0.3, -0.25) is 9.59 Å². The third-order valence-electron chi connectivity index (χ3n) is 2.97. The van der Waals surface area contributed by atoms with Crippen LogP contribution in [0.25, 0.3) is 0 Å². The molecule has 2 aromatic rings. The topological polar surface area (TPSA) is 70.2 Å². The van der Waals surface area contributed by atoms with E-state index >= 15 is 0 Å². The molecule has 3 N–H and O–H groups in total. The molecule has 0 saturated carbocycles. The van der Waals surface area contributed by atoms with E-state index < -0.39 is 0 Å². The lowest BCUT2D eigenvalue weighted by Gasteiger charge is -2.12. The summed E-state index contributed by atoms with van der Waals surface area (Å²) in [5.41, 5.74) is 2.78. The lowest BCUT2D eigenvalue weighted by atomic mass is 10.1. The third-order valence-corrected chi connectivity index (χ3v) is 3.17. The zero-order valence-corrected chi connectivity index (χ0v) is 13.7. The third kappa shape index (κ3) is 5.19. The number of hydrogen-bond donors (Lipinski definition) is 3. The van der Waals surface area contributed by atoms with Crippen molar-refractivity contribution < 1.29 is 9.59 Å². The Morgan fingerprint density at radius 1 is 0.826 bits per heavy atom. The molecule has 0 aliphatic rings. The highest BCUT2D eigenvalue weighted by molar-refractivity contribution is 7.80. The van der Waals surface area contributed by atoms with E-state index in [1.54, 1.807) is 30.3 Å². The van der Waals surface area contributed by atoms with Gasteiger partial charge in [0.25, 0.3) is 0 Å². The largest absolute Gasteiger partial charge is 0.332 e. The van der Waals surface area contributed by atoms with Crippen molar-refractivity contribution in [2.75, 3.05) is 16.0 Å². The number of thiocarbonyl (C=S) groups is 1. The van der Waals surface area contributed by atoms with Gasteiger partial charge < -0.3 is 16.0 Å². The summed E-state index contributed by atoms with van der Waals surface area (Å²) in [5.74, 6) is -0.139.